The van der Waals surface area contributed by atoms with Crippen molar-refractivity contribution in [3.8, 4) is 16.9 Å². The smallest absolute Gasteiger partial charge is 0.137 e. The highest BCUT2D eigenvalue weighted by molar-refractivity contribution is 5.81. The van der Waals surface area contributed by atoms with Gasteiger partial charge in [-0.1, -0.05) is 54.6 Å². The fourth-order valence-corrected chi connectivity index (χ4v) is 4.84. The van der Waals surface area contributed by atoms with Gasteiger partial charge in [-0.3, -0.25) is 9.78 Å². The molecule has 3 aromatic carbocycles. The lowest BCUT2D eigenvalue weighted by Gasteiger charge is -2.29. The van der Waals surface area contributed by atoms with Crippen LogP contribution in [0.3, 0.4) is 0 Å². The second-order valence-electron chi connectivity index (χ2n) is 9.63. The summed E-state index contributed by atoms with van der Waals surface area (Å²) in [7, 11) is 0. The van der Waals surface area contributed by atoms with Crippen LogP contribution < -0.4 is 9.64 Å². The number of benzene rings is 3. The van der Waals surface area contributed by atoms with Crippen LogP contribution >= 0.6 is 0 Å². The zero-order chi connectivity index (χ0) is 26.0. The van der Waals surface area contributed by atoms with Gasteiger partial charge in [0.2, 0.25) is 0 Å². The zero-order valence-corrected chi connectivity index (χ0v) is 21.7. The summed E-state index contributed by atoms with van der Waals surface area (Å²) < 4.78 is 11.6. The molecular formula is C33H34N2O3. The summed E-state index contributed by atoms with van der Waals surface area (Å²) in [5.74, 6) is 1.06. The lowest BCUT2D eigenvalue weighted by atomic mass is 9.97. The first-order valence-corrected chi connectivity index (χ1v) is 13.4. The first-order valence-electron chi connectivity index (χ1n) is 13.4. The van der Waals surface area contributed by atoms with E-state index in [4.69, 9.17) is 9.47 Å². The van der Waals surface area contributed by atoms with Gasteiger partial charge in [0, 0.05) is 50.4 Å². The van der Waals surface area contributed by atoms with Crippen molar-refractivity contribution in [3.05, 3.63) is 114 Å². The Kier molecular flexibility index (Phi) is 8.80. The van der Waals surface area contributed by atoms with E-state index in [-0.39, 0.29) is 5.78 Å². The molecule has 0 amide bonds. The molecule has 194 valence electrons. The van der Waals surface area contributed by atoms with Gasteiger partial charge < -0.3 is 14.4 Å². The van der Waals surface area contributed by atoms with Crippen LogP contribution in [0.1, 0.15) is 23.1 Å². The molecule has 1 saturated heterocycles. The Morgan fingerprint density at radius 2 is 1.71 bits per heavy atom. The van der Waals surface area contributed by atoms with Gasteiger partial charge in [-0.2, -0.15) is 0 Å². The van der Waals surface area contributed by atoms with E-state index in [9.17, 15) is 4.79 Å². The highest BCUT2D eigenvalue weighted by atomic mass is 16.5. The number of carbonyl (C=O) groups is 1. The largest absolute Gasteiger partial charge is 0.493 e. The Morgan fingerprint density at radius 3 is 2.53 bits per heavy atom. The number of ether oxygens (including phenoxy) is 2. The minimum absolute atomic E-state index is 0.233. The number of hydrogen-bond acceptors (Lipinski definition) is 5. The molecule has 0 aliphatic carbocycles. The highest BCUT2D eigenvalue weighted by Crippen LogP contribution is 2.28. The monoisotopic (exact) mass is 506 g/mol. The van der Waals surface area contributed by atoms with Crippen molar-refractivity contribution in [1.82, 2.24) is 4.98 Å². The van der Waals surface area contributed by atoms with E-state index >= 15 is 0 Å². The Hall–Kier alpha value is -3.96. The molecule has 38 heavy (non-hydrogen) atoms. The Bertz CT molecular complexity index is 1320. The fourth-order valence-electron chi connectivity index (χ4n) is 4.84. The number of Topliss-reactive ketones (excluding diaryl/α,β-unsaturated/α-hetero) is 1. The van der Waals surface area contributed by atoms with Crippen molar-refractivity contribution in [1.29, 1.82) is 0 Å². The summed E-state index contributed by atoms with van der Waals surface area (Å²) in [6.07, 6.45) is 6.08. The number of carbonyl (C=O) groups excluding carboxylic acids is 1. The summed E-state index contributed by atoms with van der Waals surface area (Å²) in [6, 6.07) is 29.1. The SMILES string of the molecule is O=C(CCc1cccnc1)Cc1ccc(OCCc2ccccc2-c2cccc(N3CCOCC3)c2)cc1. The predicted molar refractivity (Wildman–Crippen MR) is 152 cm³/mol. The van der Waals surface area contributed by atoms with Crippen LogP contribution in [-0.4, -0.2) is 43.7 Å². The molecule has 2 heterocycles. The lowest BCUT2D eigenvalue weighted by molar-refractivity contribution is -0.118. The lowest BCUT2D eigenvalue weighted by Crippen LogP contribution is -2.36. The first kappa shape index (κ1) is 25.7. The zero-order valence-electron chi connectivity index (χ0n) is 21.7. The van der Waals surface area contributed by atoms with Gasteiger partial charge in [-0.25, -0.2) is 0 Å². The van der Waals surface area contributed by atoms with E-state index in [0.717, 1.165) is 56.0 Å². The van der Waals surface area contributed by atoms with Gasteiger partial charge >= 0.3 is 0 Å². The van der Waals surface area contributed by atoms with E-state index in [0.29, 0.717) is 19.4 Å². The quantitative estimate of drug-likeness (QED) is 0.252. The van der Waals surface area contributed by atoms with Crippen LogP contribution in [0.25, 0.3) is 11.1 Å². The second kappa shape index (κ2) is 13.0. The second-order valence-corrected chi connectivity index (χ2v) is 9.63. The third-order valence-corrected chi connectivity index (χ3v) is 6.93. The van der Waals surface area contributed by atoms with Crippen LogP contribution in [0, 0.1) is 0 Å². The molecule has 1 aliphatic rings. The molecule has 1 aliphatic heterocycles. The molecule has 0 saturated carbocycles. The van der Waals surface area contributed by atoms with E-state index in [1.165, 1.54) is 22.4 Å². The summed E-state index contributed by atoms with van der Waals surface area (Å²) in [5, 5.41) is 0. The molecular weight excluding hydrogens is 472 g/mol. The van der Waals surface area contributed by atoms with Gasteiger partial charge in [0.15, 0.2) is 0 Å². The maximum atomic E-state index is 12.4. The van der Waals surface area contributed by atoms with Crippen molar-refractivity contribution in [3.63, 3.8) is 0 Å². The maximum absolute atomic E-state index is 12.4. The van der Waals surface area contributed by atoms with Gasteiger partial charge in [-0.05, 0) is 64.6 Å². The molecule has 0 N–H and O–H groups in total. The molecule has 0 atom stereocenters. The number of anilines is 1. The molecule has 5 rings (SSSR count). The van der Waals surface area contributed by atoms with E-state index in [1.807, 2.05) is 42.6 Å². The molecule has 0 spiro atoms. The van der Waals surface area contributed by atoms with Crippen molar-refractivity contribution >= 4 is 11.5 Å². The third kappa shape index (κ3) is 7.08. The molecule has 1 fully saturated rings. The van der Waals surface area contributed by atoms with E-state index in [2.05, 4.69) is 58.4 Å². The highest BCUT2D eigenvalue weighted by Gasteiger charge is 2.13. The Labute approximate surface area is 225 Å². The summed E-state index contributed by atoms with van der Waals surface area (Å²) in [5.41, 5.74) is 7.08. The summed E-state index contributed by atoms with van der Waals surface area (Å²) in [4.78, 5) is 18.9. The van der Waals surface area contributed by atoms with Crippen LogP contribution in [0.2, 0.25) is 0 Å². The van der Waals surface area contributed by atoms with Crippen LogP contribution in [-0.2, 0) is 28.8 Å². The molecule has 0 bridgehead atoms. The minimum Gasteiger partial charge on any atom is -0.493 e. The van der Waals surface area contributed by atoms with Gasteiger partial charge in [0.05, 0.1) is 19.8 Å². The minimum atomic E-state index is 0.233. The van der Waals surface area contributed by atoms with E-state index in [1.54, 1.807) is 6.20 Å². The number of rotatable bonds is 11. The van der Waals surface area contributed by atoms with Crippen molar-refractivity contribution in [2.45, 2.75) is 25.7 Å². The number of morpholine rings is 1. The molecule has 5 nitrogen and oxygen atoms in total. The topological polar surface area (TPSA) is 51.7 Å². The van der Waals surface area contributed by atoms with Crippen molar-refractivity contribution in [2.24, 2.45) is 0 Å². The third-order valence-electron chi connectivity index (χ3n) is 6.93. The summed E-state index contributed by atoms with van der Waals surface area (Å²) in [6.45, 7) is 4.00. The number of ketones is 1. The average Bonchev–Trinajstić information content (AvgIpc) is 2.98. The van der Waals surface area contributed by atoms with Crippen LogP contribution in [0.4, 0.5) is 5.69 Å². The Morgan fingerprint density at radius 1 is 0.868 bits per heavy atom. The van der Waals surface area contributed by atoms with Gasteiger partial charge in [0.25, 0.3) is 0 Å². The molecule has 4 aromatic rings. The number of aromatic nitrogens is 1. The number of hydrogen-bond donors (Lipinski definition) is 0. The van der Waals surface area contributed by atoms with Crippen LogP contribution in [0.15, 0.2) is 97.3 Å². The Balaban J connectivity index is 1.14. The number of pyridine rings is 1. The van der Waals surface area contributed by atoms with Gasteiger partial charge in [0.1, 0.15) is 11.5 Å². The van der Waals surface area contributed by atoms with E-state index < -0.39 is 0 Å². The average molecular weight is 507 g/mol. The van der Waals surface area contributed by atoms with Crippen LogP contribution in [0.5, 0.6) is 5.75 Å². The molecule has 1 aromatic heterocycles. The molecule has 0 radical (unpaired) electrons. The normalized spacial score (nSPS) is 13.3. The summed E-state index contributed by atoms with van der Waals surface area (Å²) >= 11 is 0. The van der Waals surface area contributed by atoms with Gasteiger partial charge in [-0.15, -0.1) is 0 Å². The van der Waals surface area contributed by atoms with Crippen molar-refractivity contribution < 1.29 is 14.3 Å². The fraction of sp³-hybridized carbons (Fsp3) is 0.273. The number of aryl methyl sites for hydroxylation is 1. The van der Waals surface area contributed by atoms with Crippen molar-refractivity contribution in [2.75, 3.05) is 37.8 Å². The standard InChI is InChI=1S/C33H34N2O3/c36-31(13-10-27-5-4-17-34-25-27)23-26-11-14-32(15-12-26)38-20-16-28-6-1-2-9-33(28)29-7-3-8-30(24-29)35-18-21-37-22-19-35/h1-9,11-12,14-15,17,24-25H,10,13,16,18-23H2. The molecule has 5 heteroatoms. The predicted octanol–water partition coefficient (Wildman–Crippen LogP) is 5.95. The molecule has 0 unspecified atom stereocenters. The first-order chi connectivity index (χ1) is 18.7. The number of nitrogens with zero attached hydrogens (tertiary/aromatic N) is 2. The maximum Gasteiger partial charge on any atom is 0.137 e.